The third kappa shape index (κ3) is 19.5. The Morgan fingerprint density at radius 3 is 1.11 bits per heavy atom. The van der Waals surface area contributed by atoms with Crippen molar-refractivity contribution in [3.63, 3.8) is 0 Å². The van der Waals surface area contributed by atoms with Crippen LogP contribution in [0.15, 0.2) is 0 Å². The van der Waals surface area contributed by atoms with Crippen LogP contribution < -0.4 is 4.89 Å². The van der Waals surface area contributed by atoms with Crippen molar-refractivity contribution in [1.29, 1.82) is 0 Å². The van der Waals surface area contributed by atoms with Crippen LogP contribution >= 0.6 is 52.1 Å². The molecule has 2 atom stereocenters. The summed E-state index contributed by atoms with van der Waals surface area (Å²) in [6.45, 7) is 1.12. The Labute approximate surface area is 203 Å². The van der Waals surface area contributed by atoms with Gasteiger partial charge in [0.1, 0.15) is 6.66 Å². The minimum absolute atomic E-state index is 0. The van der Waals surface area contributed by atoms with Crippen molar-refractivity contribution in [1.82, 2.24) is 0 Å². The molecule has 7 nitrogen and oxygen atoms in total. The Morgan fingerprint density at radius 1 is 1.06 bits per heavy atom. The molecule has 0 radical (unpaired) electrons. The van der Waals surface area contributed by atoms with Gasteiger partial charge in [-0.15, -0.1) is 0 Å². The molecular weight excluding hydrogens is 461 g/mol. The van der Waals surface area contributed by atoms with Crippen LogP contribution in [0.4, 0.5) is 0 Å². The Hall–Kier alpha value is 5.41. The van der Waals surface area contributed by atoms with E-state index >= 15 is 0 Å². The number of hydrogen-bond acceptors (Lipinski definition) is 5. The van der Waals surface area contributed by atoms with Gasteiger partial charge in [-0.2, -0.15) is 9.90 Å². The Kier molecular flexibility index (Phi) is 54.4. The van der Waals surface area contributed by atoms with E-state index in [9.17, 15) is 0 Å². The van der Waals surface area contributed by atoms with Gasteiger partial charge in [-0.1, -0.05) is 4.57 Å². The molecule has 0 aliphatic carbocycles. The van der Waals surface area contributed by atoms with E-state index < -0.39 is 16.7 Å². The van der Waals surface area contributed by atoms with E-state index in [4.69, 9.17) is 18.9 Å². The molecule has 0 bridgehead atoms. The van der Waals surface area contributed by atoms with E-state index in [0.717, 1.165) is 32.1 Å². The third-order valence-electron chi connectivity index (χ3n) is 0.838. The zero-order valence-corrected chi connectivity index (χ0v) is 23.0. The summed E-state index contributed by atoms with van der Waals surface area (Å²) in [5.74, 6) is 0. The zero-order chi connectivity index (χ0) is 8.59. The summed E-state index contributed by atoms with van der Waals surface area (Å²) in [7, 11) is -2.95. The fourth-order valence-electron chi connectivity index (χ4n) is 0.335. The third-order valence-corrected chi connectivity index (χ3v) is 48.5. The van der Waals surface area contributed by atoms with Gasteiger partial charge >= 0.3 is 130 Å². The van der Waals surface area contributed by atoms with Crippen LogP contribution in [0.25, 0.3) is 0 Å². The summed E-state index contributed by atoms with van der Waals surface area (Å²) in [5.41, 5.74) is 0. The Balaban J connectivity index is -0.0000000171. The van der Waals surface area contributed by atoms with E-state index in [1.807, 2.05) is 0 Å². The second-order valence-corrected chi connectivity index (χ2v) is 30.5. The number of rotatable bonds is 0. The maximum atomic E-state index is 9.04. The quantitative estimate of drug-likeness (QED) is 0.379. The molecule has 0 aliphatic rings. The van der Waals surface area contributed by atoms with E-state index in [1.165, 1.54) is 0 Å². The Morgan fingerprint density at radius 2 is 1.11 bits per heavy atom. The maximum Gasteiger partial charge on any atom is 2.00 e. The molecule has 94 valence electrons. The van der Waals surface area contributed by atoms with Crippen molar-refractivity contribution in [2.75, 3.05) is 6.66 Å². The summed E-state index contributed by atoms with van der Waals surface area (Å²) >= 11 is 0. The molecule has 0 aromatic carbocycles. The average molecular weight is 472 g/mol. The predicted octanol–water partition coefficient (Wildman–Crippen LogP) is 1.09. The summed E-state index contributed by atoms with van der Waals surface area (Å²) in [5, 5.41) is 0. The molecule has 0 saturated heterocycles. The fraction of sp³-hybridized carbons (Fsp3) is 1.00. The van der Waals surface area contributed by atoms with Crippen molar-refractivity contribution >= 4 is 165 Å². The van der Waals surface area contributed by atoms with Gasteiger partial charge in [0, 0.05) is 25.5 Å². The minimum Gasteiger partial charge on any atom is -0.870 e. The number of hydrogen-bond donors (Lipinski definition) is 1. The van der Waals surface area contributed by atoms with Gasteiger partial charge in [0.05, 0.1) is 0 Å². The summed E-state index contributed by atoms with van der Waals surface area (Å²) < 4.78 is 17.5. The normalized spacial score (nSPS) is 11.6. The van der Waals surface area contributed by atoms with Crippen molar-refractivity contribution in [2.24, 2.45) is 0 Å². The van der Waals surface area contributed by atoms with Gasteiger partial charge in [0.15, 0.2) is 0 Å². The largest absolute Gasteiger partial charge is 2.00 e. The Bertz CT molecular complexity index is 292. The van der Waals surface area contributed by atoms with Crippen molar-refractivity contribution < 1.29 is 35.3 Å². The van der Waals surface area contributed by atoms with Crippen LogP contribution in [0.5, 0.6) is 0 Å². The molecule has 0 saturated carbocycles. The molecule has 0 spiro atoms. The fourth-order valence-corrected chi connectivity index (χ4v) is 61.9. The SMILES string of the molecule is C[P+](=O)[O-].O.O=PO.P.[Ca+2].[Ca+2].[Ca+2].[OH-].[OH-].p12p3p1p23. The van der Waals surface area contributed by atoms with Crippen LogP contribution in [0.1, 0.15) is 0 Å². The predicted molar refractivity (Wildman–Crippen MR) is 86.9 cm³/mol. The molecule has 0 aliphatic heterocycles. The first kappa shape index (κ1) is 43.7. The van der Waals surface area contributed by atoms with Gasteiger partial charge in [-0.25, -0.2) is 4.57 Å². The van der Waals surface area contributed by atoms with E-state index in [-0.39, 0.29) is 140 Å². The van der Waals surface area contributed by atoms with Crippen LogP contribution in [-0.4, -0.2) is 141 Å². The van der Waals surface area contributed by atoms with E-state index in [0.29, 0.717) is 0 Å². The smallest absolute Gasteiger partial charge is 0.870 e. The van der Waals surface area contributed by atoms with Crippen LogP contribution in [0.3, 0.4) is 0 Å². The van der Waals surface area contributed by atoms with Crippen molar-refractivity contribution in [3.8, 4) is 0 Å². The first-order chi connectivity index (χ1) is 5.15. The molecule has 0 fully saturated rings. The maximum absolute atomic E-state index is 9.04. The second kappa shape index (κ2) is 22.4. The van der Waals surface area contributed by atoms with Gasteiger partial charge in [-0.3, -0.25) is 0 Å². The first-order valence-electron chi connectivity index (χ1n) is 2.39. The molecule has 0 amide bonds. The molecule has 4 heterocycles. The summed E-state index contributed by atoms with van der Waals surface area (Å²) in [6.07, 6.45) is 4.30. The molecule has 5 N–H and O–H groups in total. The molecule has 4 rings (SSSR count). The topological polar surface area (TPSA) is 169 Å². The molecule has 4 aromatic rings. The summed E-state index contributed by atoms with van der Waals surface area (Å²) in [6, 6.07) is 0. The minimum atomic E-state index is -2.12. The van der Waals surface area contributed by atoms with Gasteiger partial charge in [0.2, 0.25) is 0 Å². The summed E-state index contributed by atoms with van der Waals surface area (Å²) in [4.78, 5) is 16.0. The zero-order valence-electron chi connectivity index (χ0n) is 9.58. The monoisotopic (exact) mass is 472 g/mol. The van der Waals surface area contributed by atoms with Crippen LogP contribution in [-0.2, 0) is 9.13 Å². The van der Waals surface area contributed by atoms with Crippen molar-refractivity contribution in [3.05, 3.63) is 0 Å². The standard InChI is InChI=1S/CH3O2P.3Ca.HO2P.3H2O.P4.H3P/c1-4(2)3;;;;1-3-2;;;;1-2-3(1)4(1)2;/h1H3;;;;(H,1,2);3*1H2;;1H3/q;3*+2;;;;;;/p-2. The molecular formula is CH11Ca3O7P7+4. The first-order valence-corrected chi connectivity index (χ1v) is 14.4. The molecule has 2 unspecified atom stereocenters. The van der Waals surface area contributed by atoms with Gasteiger partial charge < -0.3 is 26.2 Å². The van der Waals surface area contributed by atoms with Crippen LogP contribution in [0, 0.1) is 0 Å². The van der Waals surface area contributed by atoms with Gasteiger partial charge in [0.25, 0.3) is 0 Å². The van der Waals surface area contributed by atoms with E-state index in [1.54, 1.807) is 0 Å². The van der Waals surface area contributed by atoms with E-state index in [2.05, 4.69) is 0 Å². The average Bonchev–Trinajstić information content (AvgIpc) is 2.62. The molecule has 17 heteroatoms. The van der Waals surface area contributed by atoms with Crippen molar-refractivity contribution in [2.45, 2.75) is 0 Å². The molecule has 4 aromatic heterocycles. The van der Waals surface area contributed by atoms with Crippen LogP contribution in [0.2, 0.25) is 0 Å². The molecule has 18 heavy (non-hydrogen) atoms. The second-order valence-electron chi connectivity index (χ2n) is 1.59. The van der Waals surface area contributed by atoms with Gasteiger partial charge in [-0.05, 0) is 0 Å².